The molecule has 1 amide bonds. The van der Waals surface area contributed by atoms with Gasteiger partial charge in [0.1, 0.15) is 17.3 Å². The molecule has 4 aromatic rings. The molecule has 33 heavy (non-hydrogen) atoms. The van der Waals surface area contributed by atoms with Gasteiger partial charge in [0, 0.05) is 11.3 Å². The number of hydrogen-bond acceptors (Lipinski definition) is 6. The minimum atomic E-state index is -4.16. The van der Waals surface area contributed by atoms with Crippen LogP contribution in [0.4, 0.5) is 20.2 Å². The zero-order valence-corrected chi connectivity index (χ0v) is 17.8. The zero-order chi connectivity index (χ0) is 23.6. The van der Waals surface area contributed by atoms with E-state index in [9.17, 15) is 22.0 Å². The van der Waals surface area contributed by atoms with E-state index >= 15 is 0 Å². The Kier molecular flexibility index (Phi) is 5.84. The first-order valence-corrected chi connectivity index (χ1v) is 11.0. The normalized spacial score (nSPS) is 11.2. The molecule has 0 radical (unpaired) electrons. The summed E-state index contributed by atoms with van der Waals surface area (Å²) >= 11 is 0. The number of halogens is 2. The summed E-state index contributed by atoms with van der Waals surface area (Å²) < 4.78 is 56.7. The first-order chi connectivity index (χ1) is 15.7. The number of carbonyl (C=O) groups is 1. The summed E-state index contributed by atoms with van der Waals surface area (Å²) in [4.78, 5) is 12.5. The number of hydrogen-bond donors (Lipinski definition) is 2. The van der Waals surface area contributed by atoms with Gasteiger partial charge < -0.3 is 5.32 Å². The average Bonchev–Trinajstić information content (AvgIpc) is 3.22. The van der Waals surface area contributed by atoms with E-state index in [4.69, 9.17) is 0 Å². The number of carbonyl (C=O) groups excluding carboxylic acids is 1. The second-order valence-electron chi connectivity index (χ2n) is 6.87. The summed E-state index contributed by atoms with van der Waals surface area (Å²) in [6, 6.07) is 14.4. The molecule has 0 atom stereocenters. The van der Waals surface area contributed by atoms with E-state index in [1.54, 1.807) is 6.92 Å². The van der Waals surface area contributed by atoms with Gasteiger partial charge in [0.2, 0.25) is 0 Å². The van der Waals surface area contributed by atoms with E-state index in [1.807, 2.05) is 0 Å². The van der Waals surface area contributed by atoms with Crippen LogP contribution in [0.25, 0.3) is 5.69 Å². The zero-order valence-electron chi connectivity index (χ0n) is 17.0. The predicted molar refractivity (Wildman–Crippen MR) is 115 cm³/mol. The first-order valence-electron chi connectivity index (χ1n) is 9.48. The number of aryl methyl sites for hydroxylation is 1. The number of amides is 1. The molecule has 9 nitrogen and oxygen atoms in total. The molecular formula is C21H16F2N6O3S. The summed E-state index contributed by atoms with van der Waals surface area (Å²) in [5.41, 5.74) is 0.0738. The molecule has 1 aromatic heterocycles. The lowest BCUT2D eigenvalue weighted by Gasteiger charge is -2.11. The fraction of sp³-hybridized carbons (Fsp3) is 0.0476. The predicted octanol–water partition coefficient (Wildman–Crippen LogP) is 3.30. The lowest BCUT2D eigenvalue weighted by Crippen LogP contribution is -2.16. The van der Waals surface area contributed by atoms with Gasteiger partial charge in [0.25, 0.3) is 15.9 Å². The SMILES string of the molecule is Cc1nnnn1-c1cc(NC(=O)c2cccc(S(=O)(=O)Nc3ccccc3F)c2)ccc1F. The van der Waals surface area contributed by atoms with Gasteiger partial charge in [-0.2, -0.15) is 4.68 Å². The van der Waals surface area contributed by atoms with Crippen molar-refractivity contribution in [3.63, 3.8) is 0 Å². The number of benzene rings is 3. The third-order valence-electron chi connectivity index (χ3n) is 4.58. The summed E-state index contributed by atoms with van der Waals surface area (Å²) in [6.45, 7) is 1.59. The highest BCUT2D eigenvalue weighted by Gasteiger charge is 2.19. The molecule has 2 N–H and O–H groups in total. The Morgan fingerprint density at radius 1 is 0.970 bits per heavy atom. The number of anilines is 2. The van der Waals surface area contributed by atoms with Crippen LogP contribution in [0.3, 0.4) is 0 Å². The van der Waals surface area contributed by atoms with Crippen molar-refractivity contribution in [1.29, 1.82) is 0 Å². The molecule has 0 fully saturated rings. The smallest absolute Gasteiger partial charge is 0.262 e. The van der Waals surface area contributed by atoms with Crippen molar-refractivity contribution >= 4 is 27.3 Å². The van der Waals surface area contributed by atoms with E-state index in [0.29, 0.717) is 5.82 Å². The minimum absolute atomic E-state index is 0.0240. The van der Waals surface area contributed by atoms with E-state index in [2.05, 4.69) is 25.6 Å². The average molecular weight is 470 g/mol. The number of nitrogens with one attached hydrogen (secondary N) is 2. The van der Waals surface area contributed by atoms with Crippen LogP contribution < -0.4 is 10.0 Å². The molecule has 0 saturated heterocycles. The molecule has 0 aliphatic carbocycles. The summed E-state index contributed by atoms with van der Waals surface area (Å²) in [5.74, 6) is -1.63. The minimum Gasteiger partial charge on any atom is -0.322 e. The third-order valence-corrected chi connectivity index (χ3v) is 5.95. The molecule has 0 bridgehead atoms. The van der Waals surface area contributed by atoms with Crippen LogP contribution in [0.1, 0.15) is 16.2 Å². The van der Waals surface area contributed by atoms with Gasteiger partial charge in [-0.3, -0.25) is 9.52 Å². The molecule has 0 aliphatic heterocycles. The standard InChI is InChI=1S/C21H16F2N6O3S/c1-13-25-27-28-29(13)20-12-15(9-10-18(20)23)24-21(30)14-5-4-6-16(11-14)33(31,32)26-19-8-3-2-7-17(19)22/h2-12,26H,1H3,(H,24,30). The lowest BCUT2D eigenvalue weighted by atomic mass is 10.2. The fourth-order valence-electron chi connectivity index (χ4n) is 2.96. The van der Waals surface area contributed by atoms with Gasteiger partial charge in [-0.05, 0) is 65.9 Å². The van der Waals surface area contributed by atoms with E-state index in [1.165, 1.54) is 53.2 Å². The van der Waals surface area contributed by atoms with Crippen molar-refractivity contribution < 1.29 is 22.0 Å². The van der Waals surface area contributed by atoms with Gasteiger partial charge in [0.05, 0.1) is 10.6 Å². The molecule has 168 valence electrons. The molecule has 0 saturated carbocycles. The van der Waals surface area contributed by atoms with Gasteiger partial charge in [-0.25, -0.2) is 17.2 Å². The fourth-order valence-corrected chi connectivity index (χ4v) is 4.08. The molecule has 4 rings (SSSR count). The highest BCUT2D eigenvalue weighted by molar-refractivity contribution is 7.92. The number of para-hydroxylation sites is 1. The number of tetrazole rings is 1. The Morgan fingerprint density at radius 3 is 2.48 bits per heavy atom. The first kappa shape index (κ1) is 22.0. The molecule has 0 unspecified atom stereocenters. The third kappa shape index (κ3) is 4.70. The number of nitrogens with zero attached hydrogens (tertiary/aromatic N) is 4. The van der Waals surface area contributed by atoms with Crippen LogP contribution in [0.15, 0.2) is 71.6 Å². The van der Waals surface area contributed by atoms with Crippen LogP contribution in [0, 0.1) is 18.6 Å². The van der Waals surface area contributed by atoms with Crippen LogP contribution in [-0.2, 0) is 10.0 Å². The Labute approximate surface area is 187 Å². The summed E-state index contributed by atoms with van der Waals surface area (Å²) in [7, 11) is -4.16. The van der Waals surface area contributed by atoms with E-state index < -0.39 is 27.6 Å². The molecule has 3 aromatic carbocycles. The lowest BCUT2D eigenvalue weighted by molar-refractivity contribution is 0.102. The van der Waals surface area contributed by atoms with Crippen molar-refractivity contribution in [1.82, 2.24) is 20.2 Å². The Morgan fingerprint density at radius 2 is 1.76 bits per heavy atom. The summed E-state index contributed by atoms with van der Waals surface area (Å²) in [5, 5.41) is 13.5. The topological polar surface area (TPSA) is 119 Å². The maximum absolute atomic E-state index is 14.2. The second-order valence-corrected chi connectivity index (χ2v) is 8.55. The number of rotatable bonds is 6. The van der Waals surface area contributed by atoms with Crippen LogP contribution in [0.5, 0.6) is 0 Å². The Hall–Kier alpha value is -4.19. The summed E-state index contributed by atoms with van der Waals surface area (Å²) in [6.07, 6.45) is 0. The van der Waals surface area contributed by atoms with Crippen molar-refractivity contribution in [3.8, 4) is 5.69 Å². The van der Waals surface area contributed by atoms with Gasteiger partial charge >= 0.3 is 0 Å². The molecule has 0 spiro atoms. The highest BCUT2D eigenvalue weighted by Crippen LogP contribution is 2.22. The van der Waals surface area contributed by atoms with Gasteiger partial charge in [-0.1, -0.05) is 18.2 Å². The maximum atomic E-state index is 14.2. The number of aromatic nitrogens is 4. The van der Waals surface area contributed by atoms with Crippen LogP contribution in [-0.4, -0.2) is 34.5 Å². The number of sulfonamides is 1. The van der Waals surface area contributed by atoms with Crippen molar-refractivity contribution in [3.05, 3.63) is 89.8 Å². The molecule has 12 heteroatoms. The monoisotopic (exact) mass is 470 g/mol. The second kappa shape index (κ2) is 8.74. The highest BCUT2D eigenvalue weighted by atomic mass is 32.2. The van der Waals surface area contributed by atoms with Crippen LogP contribution >= 0.6 is 0 Å². The molecule has 1 heterocycles. The molecule has 0 aliphatic rings. The van der Waals surface area contributed by atoms with Crippen LogP contribution in [0.2, 0.25) is 0 Å². The van der Waals surface area contributed by atoms with Crippen molar-refractivity contribution in [2.75, 3.05) is 10.0 Å². The maximum Gasteiger partial charge on any atom is 0.262 e. The van der Waals surface area contributed by atoms with Crippen molar-refractivity contribution in [2.45, 2.75) is 11.8 Å². The van der Waals surface area contributed by atoms with Gasteiger partial charge in [-0.15, -0.1) is 5.10 Å². The van der Waals surface area contributed by atoms with Crippen molar-refractivity contribution in [2.24, 2.45) is 0 Å². The molecular weight excluding hydrogens is 454 g/mol. The van der Waals surface area contributed by atoms with E-state index in [0.717, 1.165) is 18.2 Å². The quantitative estimate of drug-likeness (QED) is 0.446. The van der Waals surface area contributed by atoms with Gasteiger partial charge in [0.15, 0.2) is 5.82 Å². The largest absolute Gasteiger partial charge is 0.322 e. The Bertz CT molecular complexity index is 1460. The van der Waals surface area contributed by atoms with E-state index in [-0.39, 0.29) is 27.5 Å². The Balaban J connectivity index is 1.58.